The molecule has 0 radical (unpaired) electrons. The normalized spacial score (nSPS) is 22.4. The van der Waals surface area contributed by atoms with Crippen LogP contribution in [0, 0.1) is 0 Å². The number of aliphatic hydroxyl groups excluding tert-OH is 7. The van der Waals surface area contributed by atoms with Gasteiger partial charge in [0.15, 0.2) is 6.29 Å². The van der Waals surface area contributed by atoms with Gasteiger partial charge < -0.3 is 50.5 Å². The van der Waals surface area contributed by atoms with E-state index in [9.17, 15) is 40.5 Å². The molecule has 9 atom stereocenters. The van der Waals surface area contributed by atoms with Gasteiger partial charge in [-0.2, -0.15) is 0 Å². The first kappa shape index (κ1) is 53.3. The van der Waals surface area contributed by atoms with E-state index in [1.54, 1.807) is 0 Å². The highest BCUT2D eigenvalue weighted by molar-refractivity contribution is 5.80. The van der Waals surface area contributed by atoms with Crippen molar-refractivity contribution >= 4 is 5.91 Å². The minimum absolute atomic E-state index is 0.228. The molecule has 1 aliphatic heterocycles. The van der Waals surface area contributed by atoms with Crippen molar-refractivity contribution in [3.63, 3.8) is 0 Å². The number of nitrogens with one attached hydrogen (secondary N) is 1. The van der Waals surface area contributed by atoms with E-state index < -0.39 is 74.2 Å². The molecule has 0 aromatic rings. The monoisotopic (exact) mass is 812 g/mol. The minimum Gasteiger partial charge on any atom is -0.394 e. The minimum atomic E-state index is -1.67. The largest absolute Gasteiger partial charge is 0.394 e. The van der Waals surface area contributed by atoms with Gasteiger partial charge in [0.2, 0.25) is 5.91 Å². The summed E-state index contributed by atoms with van der Waals surface area (Å²) in [4.78, 5) is 13.0. The number of unbranched alkanes of at least 4 members (excludes halogenated alkanes) is 19. The van der Waals surface area contributed by atoms with Gasteiger partial charge in [0.05, 0.1) is 25.4 Å². The second kappa shape index (κ2) is 36.2. The van der Waals surface area contributed by atoms with Crippen LogP contribution in [0.15, 0.2) is 36.5 Å². The molecule has 57 heavy (non-hydrogen) atoms. The van der Waals surface area contributed by atoms with Crippen LogP contribution in [-0.2, 0) is 14.3 Å². The number of amides is 1. The van der Waals surface area contributed by atoms with Gasteiger partial charge in [-0.05, 0) is 70.6 Å². The van der Waals surface area contributed by atoms with Gasteiger partial charge in [0, 0.05) is 0 Å². The van der Waals surface area contributed by atoms with Crippen LogP contribution in [0.1, 0.15) is 181 Å². The van der Waals surface area contributed by atoms with Crippen molar-refractivity contribution in [1.29, 1.82) is 0 Å². The number of ether oxygens (including phenoxy) is 2. The zero-order valence-corrected chi connectivity index (χ0v) is 35.8. The molecule has 0 saturated carbocycles. The number of hydrogen-bond donors (Lipinski definition) is 8. The van der Waals surface area contributed by atoms with E-state index in [1.165, 1.54) is 83.5 Å². The topological polar surface area (TPSA) is 189 Å². The summed E-state index contributed by atoms with van der Waals surface area (Å²) in [5, 5.41) is 75.4. The maximum atomic E-state index is 13.0. The van der Waals surface area contributed by atoms with Crippen LogP contribution in [0.5, 0.6) is 0 Å². The Bertz CT molecular complexity index is 1020. The van der Waals surface area contributed by atoms with Crippen LogP contribution in [0.2, 0.25) is 0 Å². The standard InChI is InChI=1S/C46H85NO10/c1-3-5-7-9-11-13-14-15-16-17-18-19-20-21-22-23-24-26-27-29-31-33-38(49)41(51)37(36-56-46-44(54)43(53)42(52)40(35-48)57-46)47-45(55)39(50)34-32-30-28-25-12-10-8-6-4-2/h10,12,21-22,26-27,37-44,46,48-54H,3-9,11,13-20,23-25,28-36H2,1-2H3,(H,47,55)/b12-10-,22-21+,27-26+. The van der Waals surface area contributed by atoms with Gasteiger partial charge in [-0.3, -0.25) is 4.79 Å². The summed E-state index contributed by atoms with van der Waals surface area (Å²) in [5.74, 6) is -0.728. The summed E-state index contributed by atoms with van der Waals surface area (Å²) in [6.07, 6.45) is 29.4. The fourth-order valence-corrected chi connectivity index (χ4v) is 7.02. The van der Waals surface area contributed by atoms with Crippen molar-refractivity contribution in [3.8, 4) is 0 Å². The van der Waals surface area contributed by atoms with E-state index in [1.807, 2.05) is 0 Å². The molecule has 0 spiro atoms. The van der Waals surface area contributed by atoms with E-state index in [-0.39, 0.29) is 12.8 Å². The average molecular weight is 812 g/mol. The fourth-order valence-electron chi connectivity index (χ4n) is 7.02. The summed E-state index contributed by atoms with van der Waals surface area (Å²) >= 11 is 0. The summed E-state index contributed by atoms with van der Waals surface area (Å²) in [6, 6.07) is -1.19. The van der Waals surface area contributed by atoms with E-state index >= 15 is 0 Å². The molecule has 1 rings (SSSR count). The maximum Gasteiger partial charge on any atom is 0.249 e. The lowest BCUT2D eigenvalue weighted by atomic mass is 9.98. The Hall–Kier alpha value is -1.67. The molecule has 0 bridgehead atoms. The Morgan fingerprint density at radius 3 is 1.61 bits per heavy atom. The zero-order valence-electron chi connectivity index (χ0n) is 35.8. The molecule has 0 aliphatic carbocycles. The van der Waals surface area contributed by atoms with E-state index in [2.05, 4.69) is 55.6 Å². The van der Waals surface area contributed by atoms with Gasteiger partial charge in [0.25, 0.3) is 0 Å². The summed E-state index contributed by atoms with van der Waals surface area (Å²) in [5.41, 5.74) is 0. The highest BCUT2D eigenvalue weighted by Crippen LogP contribution is 2.23. The number of aliphatic hydroxyl groups is 7. The Balaban J connectivity index is 2.45. The Kier molecular flexibility index (Phi) is 33.9. The van der Waals surface area contributed by atoms with Crippen LogP contribution in [-0.4, -0.2) is 110 Å². The number of carbonyl (C=O) groups excluding carboxylic acids is 1. The predicted molar refractivity (Wildman–Crippen MR) is 228 cm³/mol. The molecule has 8 N–H and O–H groups in total. The van der Waals surface area contributed by atoms with Crippen LogP contribution in [0.4, 0.5) is 0 Å². The third-order valence-corrected chi connectivity index (χ3v) is 10.9. The Morgan fingerprint density at radius 2 is 1.07 bits per heavy atom. The molecule has 0 aromatic heterocycles. The van der Waals surface area contributed by atoms with Crippen LogP contribution in [0.25, 0.3) is 0 Å². The van der Waals surface area contributed by atoms with Gasteiger partial charge >= 0.3 is 0 Å². The Labute approximate surface area is 346 Å². The van der Waals surface area contributed by atoms with Gasteiger partial charge in [-0.25, -0.2) is 0 Å². The van der Waals surface area contributed by atoms with Crippen molar-refractivity contribution in [3.05, 3.63) is 36.5 Å². The molecule has 334 valence electrons. The zero-order chi connectivity index (χ0) is 41.9. The smallest absolute Gasteiger partial charge is 0.249 e. The van der Waals surface area contributed by atoms with E-state index in [0.29, 0.717) is 19.3 Å². The number of carbonyl (C=O) groups is 1. The lowest BCUT2D eigenvalue weighted by molar-refractivity contribution is -0.303. The van der Waals surface area contributed by atoms with E-state index in [4.69, 9.17) is 9.47 Å². The molecule has 0 aromatic carbocycles. The van der Waals surface area contributed by atoms with Gasteiger partial charge in [-0.15, -0.1) is 0 Å². The molecule has 1 aliphatic rings. The SMILES string of the molecule is CCCC/C=C\CCCCCC(O)C(=O)NC(COC1OC(CO)C(O)C(O)C1O)C(O)C(O)CCC/C=C/CC/C=C/CCCCCCCCCCCCCC. The molecular weight excluding hydrogens is 727 g/mol. The van der Waals surface area contributed by atoms with Crippen molar-refractivity contribution in [2.45, 2.75) is 236 Å². The first-order valence-corrected chi connectivity index (χ1v) is 22.9. The molecule has 1 fully saturated rings. The highest BCUT2D eigenvalue weighted by atomic mass is 16.7. The second-order valence-electron chi connectivity index (χ2n) is 16.1. The number of allylic oxidation sites excluding steroid dienone is 6. The summed E-state index contributed by atoms with van der Waals surface area (Å²) in [6.45, 7) is 3.34. The molecule has 1 amide bonds. The second-order valence-corrected chi connectivity index (χ2v) is 16.1. The number of hydrogen-bond acceptors (Lipinski definition) is 10. The summed E-state index contributed by atoms with van der Waals surface area (Å²) < 4.78 is 11.0. The van der Waals surface area contributed by atoms with Gasteiger partial charge in [0.1, 0.15) is 36.6 Å². The highest BCUT2D eigenvalue weighted by Gasteiger charge is 2.44. The molecule has 1 heterocycles. The molecular formula is C46H85NO10. The van der Waals surface area contributed by atoms with Crippen LogP contribution < -0.4 is 5.32 Å². The Morgan fingerprint density at radius 1 is 0.596 bits per heavy atom. The molecule has 1 saturated heterocycles. The first-order valence-electron chi connectivity index (χ1n) is 22.9. The van der Waals surface area contributed by atoms with Crippen molar-refractivity contribution in [2.24, 2.45) is 0 Å². The van der Waals surface area contributed by atoms with Crippen LogP contribution in [0.3, 0.4) is 0 Å². The average Bonchev–Trinajstić information content (AvgIpc) is 3.21. The molecule has 11 nitrogen and oxygen atoms in total. The third kappa shape index (κ3) is 26.2. The summed E-state index contributed by atoms with van der Waals surface area (Å²) in [7, 11) is 0. The van der Waals surface area contributed by atoms with Crippen molar-refractivity contribution < 1.29 is 50.0 Å². The number of rotatable bonds is 37. The first-order chi connectivity index (χ1) is 27.7. The van der Waals surface area contributed by atoms with E-state index in [0.717, 1.165) is 51.4 Å². The maximum absolute atomic E-state index is 13.0. The lowest BCUT2D eigenvalue weighted by Gasteiger charge is -2.40. The van der Waals surface area contributed by atoms with Gasteiger partial charge in [-0.1, -0.05) is 147 Å². The molecule has 11 heteroatoms. The van der Waals surface area contributed by atoms with Crippen LogP contribution >= 0.6 is 0 Å². The third-order valence-electron chi connectivity index (χ3n) is 10.9. The predicted octanol–water partition coefficient (Wildman–Crippen LogP) is 7.22. The fraction of sp³-hybridized carbons (Fsp3) is 0.848. The van der Waals surface area contributed by atoms with Crippen molar-refractivity contribution in [2.75, 3.05) is 13.2 Å². The molecule has 9 unspecified atom stereocenters. The lowest BCUT2D eigenvalue weighted by Crippen LogP contribution is -2.60. The quantitative estimate of drug-likeness (QED) is 0.0235. The van der Waals surface area contributed by atoms with Crippen molar-refractivity contribution in [1.82, 2.24) is 5.32 Å².